The molecule has 1 atom stereocenters. The van der Waals surface area contributed by atoms with Crippen LogP contribution in [-0.2, 0) is 11.3 Å². The number of aromatic nitrogens is 3. The molecule has 28 heavy (non-hydrogen) atoms. The lowest BCUT2D eigenvalue weighted by atomic mass is 9.97. The molecule has 1 fully saturated rings. The van der Waals surface area contributed by atoms with Gasteiger partial charge in [0.05, 0.1) is 28.7 Å². The smallest absolute Gasteiger partial charge is 0.225 e. The molecule has 4 heterocycles. The van der Waals surface area contributed by atoms with Crippen molar-refractivity contribution in [3.05, 3.63) is 45.9 Å². The van der Waals surface area contributed by atoms with E-state index >= 15 is 0 Å². The molecular formula is C20H23N5OS2. The Morgan fingerprint density at radius 3 is 2.93 bits per heavy atom. The number of hydrogen-bond donors (Lipinski definition) is 1. The first kappa shape index (κ1) is 19.0. The highest BCUT2D eigenvalue weighted by Crippen LogP contribution is 2.31. The molecule has 1 saturated heterocycles. The van der Waals surface area contributed by atoms with Gasteiger partial charge in [-0.25, -0.2) is 4.98 Å². The van der Waals surface area contributed by atoms with Crippen molar-refractivity contribution in [2.75, 3.05) is 18.0 Å². The highest BCUT2D eigenvalue weighted by Gasteiger charge is 2.26. The van der Waals surface area contributed by atoms with Gasteiger partial charge in [0.1, 0.15) is 5.01 Å². The highest BCUT2D eigenvalue weighted by molar-refractivity contribution is 7.21. The van der Waals surface area contributed by atoms with Crippen molar-refractivity contribution >= 4 is 34.4 Å². The molecule has 1 aliphatic rings. The van der Waals surface area contributed by atoms with Crippen LogP contribution >= 0.6 is 22.7 Å². The average molecular weight is 414 g/mol. The summed E-state index contributed by atoms with van der Waals surface area (Å²) in [5.41, 5.74) is 1.89. The first-order valence-corrected chi connectivity index (χ1v) is 11.1. The van der Waals surface area contributed by atoms with Gasteiger partial charge in [0.2, 0.25) is 5.91 Å². The maximum atomic E-state index is 12.8. The Labute approximate surface area is 172 Å². The molecule has 0 aliphatic carbocycles. The van der Waals surface area contributed by atoms with Crippen LogP contribution in [0.5, 0.6) is 0 Å². The van der Waals surface area contributed by atoms with Gasteiger partial charge in [-0.05, 0) is 50.3 Å². The lowest BCUT2D eigenvalue weighted by Gasteiger charge is -2.32. The summed E-state index contributed by atoms with van der Waals surface area (Å²) in [5, 5.41) is 14.6. The molecule has 0 radical (unpaired) electrons. The van der Waals surface area contributed by atoms with Gasteiger partial charge in [0.25, 0.3) is 0 Å². The largest absolute Gasteiger partial charge is 0.354 e. The predicted molar refractivity (Wildman–Crippen MR) is 114 cm³/mol. The van der Waals surface area contributed by atoms with Gasteiger partial charge in [-0.1, -0.05) is 6.07 Å². The highest BCUT2D eigenvalue weighted by atomic mass is 32.1. The van der Waals surface area contributed by atoms with Crippen molar-refractivity contribution in [2.45, 2.75) is 33.2 Å². The Morgan fingerprint density at radius 2 is 2.18 bits per heavy atom. The van der Waals surface area contributed by atoms with Gasteiger partial charge >= 0.3 is 0 Å². The quantitative estimate of drug-likeness (QED) is 0.689. The number of nitrogens with one attached hydrogen (secondary N) is 1. The molecule has 0 bridgehead atoms. The van der Waals surface area contributed by atoms with Crippen molar-refractivity contribution < 1.29 is 4.79 Å². The molecule has 1 amide bonds. The van der Waals surface area contributed by atoms with Crippen LogP contribution in [0.4, 0.5) is 5.82 Å². The summed E-state index contributed by atoms with van der Waals surface area (Å²) in [4.78, 5) is 21.9. The molecule has 4 rings (SSSR count). The van der Waals surface area contributed by atoms with E-state index in [1.807, 2.05) is 32.0 Å². The second kappa shape index (κ2) is 8.36. The van der Waals surface area contributed by atoms with Crippen LogP contribution in [0.3, 0.4) is 0 Å². The number of hydrogen-bond acceptors (Lipinski definition) is 7. The standard InChI is InChI=1S/C20H23N5OS2/c1-13-7-8-18(24-23-13)25-9-3-5-15(12-25)19(26)21-11-17-14(2)22-20(28-17)16-6-4-10-27-16/h4,6-8,10,15H,3,5,9,11-12H2,1-2H3,(H,21,26). The maximum Gasteiger partial charge on any atom is 0.225 e. The van der Waals surface area contributed by atoms with E-state index in [2.05, 4.69) is 36.8 Å². The molecule has 3 aromatic rings. The van der Waals surface area contributed by atoms with Crippen LogP contribution in [0.15, 0.2) is 29.6 Å². The van der Waals surface area contributed by atoms with E-state index in [0.29, 0.717) is 13.1 Å². The van der Waals surface area contributed by atoms with Crippen molar-refractivity contribution in [3.8, 4) is 9.88 Å². The summed E-state index contributed by atoms with van der Waals surface area (Å²) in [6.45, 7) is 6.07. The molecule has 6 nitrogen and oxygen atoms in total. The Hall–Kier alpha value is -2.32. The molecule has 3 aromatic heterocycles. The number of aryl methyl sites for hydroxylation is 2. The van der Waals surface area contributed by atoms with E-state index in [1.54, 1.807) is 22.7 Å². The van der Waals surface area contributed by atoms with Crippen molar-refractivity contribution in [2.24, 2.45) is 5.92 Å². The minimum absolute atomic E-state index is 0.0261. The Bertz CT molecular complexity index is 936. The van der Waals surface area contributed by atoms with Crippen LogP contribution < -0.4 is 10.2 Å². The second-order valence-electron chi connectivity index (χ2n) is 7.04. The number of thiophene rings is 1. The Kier molecular flexibility index (Phi) is 5.68. The van der Waals surface area contributed by atoms with Crippen LogP contribution in [0.1, 0.15) is 29.1 Å². The molecule has 1 N–H and O–H groups in total. The SMILES string of the molecule is Cc1ccc(N2CCCC(C(=O)NCc3sc(-c4cccs4)nc3C)C2)nn1. The molecule has 0 aromatic carbocycles. The van der Waals surface area contributed by atoms with Crippen LogP contribution in [0.2, 0.25) is 0 Å². The van der Waals surface area contributed by atoms with Gasteiger partial charge in [0.15, 0.2) is 5.82 Å². The Balaban J connectivity index is 1.36. The molecule has 1 aliphatic heterocycles. The third kappa shape index (κ3) is 4.23. The minimum Gasteiger partial charge on any atom is -0.354 e. The van der Waals surface area contributed by atoms with Gasteiger partial charge in [-0.15, -0.1) is 27.8 Å². The monoisotopic (exact) mass is 413 g/mol. The topological polar surface area (TPSA) is 71.0 Å². The third-order valence-corrected chi connectivity index (χ3v) is 7.14. The van der Waals surface area contributed by atoms with Crippen molar-refractivity contribution in [1.82, 2.24) is 20.5 Å². The molecule has 8 heteroatoms. The Morgan fingerprint density at radius 1 is 1.29 bits per heavy atom. The normalized spacial score (nSPS) is 16.9. The van der Waals surface area contributed by atoms with E-state index in [-0.39, 0.29) is 11.8 Å². The minimum atomic E-state index is -0.0261. The van der Waals surface area contributed by atoms with Gasteiger partial charge in [0, 0.05) is 18.0 Å². The van der Waals surface area contributed by atoms with Gasteiger partial charge < -0.3 is 10.2 Å². The lowest BCUT2D eigenvalue weighted by molar-refractivity contribution is -0.125. The fraction of sp³-hybridized carbons (Fsp3) is 0.400. The van der Waals surface area contributed by atoms with Crippen LogP contribution in [-0.4, -0.2) is 34.2 Å². The van der Waals surface area contributed by atoms with Crippen LogP contribution in [0, 0.1) is 19.8 Å². The van der Waals surface area contributed by atoms with Gasteiger partial charge in [-0.3, -0.25) is 4.79 Å². The predicted octanol–water partition coefficient (Wildman–Crippen LogP) is 3.81. The van der Waals surface area contributed by atoms with E-state index < -0.39 is 0 Å². The molecular weight excluding hydrogens is 390 g/mol. The summed E-state index contributed by atoms with van der Waals surface area (Å²) < 4.78 is 0. The molecule has 0 saturated carbocycles. The summed E-state index contributed by atoms with van der Waals surface area (Å²) in [6, 6.07) is 8.06. The zero-order chi connectivity index (χ0) is 19.5. The summed E-state index contributed by atoms with van der Waals surface area (Å²) in [5.74, 6) is 0.930. The number of carbonyl (C=O) groups excluding carboxylic acids is 1. The van der Waals surface area contributed by atoms with Crippen molar-refractivity contribution in [1.29, 1.82) is 0 Å². The zero-order valence-corrected chi connectivity index (χ0v) is 17.6. The number of amides is 1. The lowest BCUT2D eigenvalue weighted by Crippen LogP contribution is -2.43. The number of carbonyl (C=O) groups is 1. The average Bonchev–Trinajstić information content (AvgIpc) is 3.36. The fourth-order valence-electron chi connectivity index (χ4n) is 3.37. The van der Waals surface area contributed by atoms with E-state index in [4.69, 9.17) is 0 Å². The third-order valence-electron chi connectivity index (χ3n) is 4.95. The van der Waals surface area contributed by atoms with E-state index in [0.717, 1.165) is 46.5 Å². The first-order valence-electron chi connectivity index (χ1n) is 9.43. The number of nitrogens with zero attached hydrogens (tertiary/aromatic N) is 4. The number of rotatable bonds is 5. The summed E-state index contributed by atoms with van der Waals surface area (Å²) in [6.07, 6.45) is 1.89. The summed E-state index contributed by atoms with van der Waals surface area (Å²) >= 11 is 3.35. The maximum absolute atomic E-state index is 12.8. The number of thiazole rings is 1. The molecule has 1 unspecified atom stereocenters. The zero-order valence-electron chi connectivity index (χ0n) is 16.0. The number of anilines is 1. The second-order valence-corrected chi connectivity index (χ2v) is 9.07. The molecule has 0 spiro atoms. The van der Waals surface area contributed by atoms with Crippen LogP contribution in [0.25, 0.3) is 9.88 Å². The first-order chi connectivity index (χ1) is 13.6. The van der Waals surface area contributed by atoms with Gasteiger partial charge in [-0.2, -0.15) is 5.10 Å². The fourth-order valence-corrected chi connectivity index (χ4v) is 5.17. The van der Waals surface area contributed by atoms with Crippen molar-refractivity contribution in [3.63, 3.8) is 0 Å². The van der Waals surface area contributed by atoms with E-state index in [9.17, 15) is 4.79 Å². The van der Waals surface area contributed by atoms with E-state index in [1.165, 1.54) is 4.88 Å². The molecule has 146 valence electrons. The number of piperidine rings is 1. The summed E-state index contributed by atoms with van der Waals surface area (Å²) in [7, 11) is 0.